The van der Waals surface area contributed by atoms with E-state index < -0.39 is 18.4 Å². The lowest BCUT2D eigenvalue weighted by Gasteiger charge is -2.30. The number of amides is 1. The van der Waals surface area contributed by atoms with Crippen LogP contribution in [0.3, 0.4) is 0 Å². The van der Waals surface area contributed by atoms with Gasteiger partial charge in [-0.15, -0.1) is 0 Å². The van der Waals surface area contributed by atoms with Crippen LogP contribution in [0.15, 0.2) is 30.3 Å². The van der Waals surface area contributed by atoms with Crippen molar-refractivity contribution >= 4 is 6.09 Å². The van der Waals surface area contributed by atoms with Crippen molar-refractivity contribution in [3.8, 4) is 0 Å². The number of benzene rings is 1. The van der Waals surface area contributed by atoms with E-state index in [0.717, 1.165) is 12.8 Å². The Kier molecular flexibility index (Phi) is 5.99. The van der Waals surface area contributed by atoms with E-state index in [-0.39, 0.29) is 12.6 Å². The number of hydrogen-bond acceptors (Lipinski definition) is 3. The van der Waals surface area contributed by atoms with Gasteiger partial charge < -0.3 is 15.0 Å². The Bertz CT molecular complexity index is 501. The van der Waals surface area contributed by atoms with Gasteiger partial charge in [0.05, 0.1) is 6.54 Å². The summed E-state index contributed by atoms with van der Waals surface area (Å²) in [6.07, 6.45) is 1.30. The number of carbonyl (C=O) groups excluding carboxylic acids is 1. The summed E-state index contributed by atoms with van der Waals surface area (Å²) in [5, 5.41) is 3.44. The summed E-state index contributed by atoms with van der Waals surface area (Å²) in [5.74, 6) is 0. The van der Waals surface area contributed by atoms with Crippen LogP contribution in [0.2, 0.25) is 0 Å². The van der Waals surface area contributed by atoms with Gasteiger partial charge >= 0.3 is 6.09 Å². The lowest BCUT2D eigenvalue weighted by atomic mass is 10.0. The molecule has 1 N–H and O–H groups in total. The van der Waals surface area contributed by atoms with Gasteiger partial charge in [0.15, 0.2) is 0 Å². The van der Waals surface area contributed by atoms with Crippen LogP contribution in [0.4, 0.5) is 9.18 Å². The summed E-state index contributed by atoms with van der Waals surface area (Å²) in [6.45, 7) is 5.67. The van der Waals surface area contributed by atoms with Crippen molar-refractivity contribution in [3.05, 3.63) is 35.9 Å². The van der Waals surface area contributed by atoms with Crippen molar-refractivity contribution in [3.63, 3.8) is 0 Å². The number of carbonyl (C=O) groups is 1. The molecule has 2 rings (SSSR count). The van der Waals surface area contributed by atoms with Gasteiger partial charge in [-0.05, 0) is 39.2 Å². The van der Waals surface area contributed by atoms with Crippen LogP contribution >= 0.6 is 0 Å². The van der Waals surface area contributed by atoms with Gasteiger partial charge in [0, 0.05) is 18.6 Å². The Morgan fingerprint density at radius 2 is 2.04 bits per heavy atom. The molecule has 0 spiro atoms. The highest BCUT2D eigenvalue weighted by Crippen LogP contribution is 2.20. The van der Waals surface area contributed by atoms with Gasteiger partial charge in [0.25, 0.3) is 0 Å². The molecule has 2 atom stereocenters. The second-order valence-electron chi connectivity index (χ2n) is 7.05. The molecule has 0 aromatic heterocycles. The molecule has 128 valence electrons. The minimum absolute atomic E-state index is 0.0192. The number of alkyl halides is 1. The zero-order valence-corrected chi connectivity index (χ0v) is 14.2. The number of nitrogens with zero attached hydrogens (tertiary/aromatic N) is 1. The number of halogens is 1. The molecule has 0 aliphatic carbocycles. The molecular weight excluding hydrogens is 295 g/mol. The molecule has 1 aliphatic heterocycles. The lowest BCUT2D eigenvalue weighted by Crippen LogP contribution is -2.45. The summed E-state index contributed by atoms with van der Waals surface area (Å²) in [5.41, 5.74) is 0.696. The Balaban J connectivity index is 1.94. The molecule has 1 amide bonds. The largest absolute Gasteiger partial charge is 0.444 e. The Morgan fingerprint density at radius 1 is 1.35 bits per heavy atom. The molecule has 1 heterocycles. The number of nitrogens with one attached hydrogen (secondary N) is 1. The van der Waals surface area contributed by atoms with Crippen LogP contribution in [0.25, 0.3) is 0 Å². The van der Waals surface area contributed by atoms with Crippen molar-refractivity contribution in [2.24, 2.45) is 0 Å². The highest BCUT2D eigenvalue weighted by molar-refractivity contribution is 5.68. The number of ether oxygens (including phenoxy) is 1. The zero-order chi connectivity index (χ0) is 16.9. The fraction of sp³-hybridized carbons (Fsp3) is 0.611. The first-order valence-electron chi connectivity index (χ1n) is 8.22. The first-order chi connectivity index (χ1) is 10.9. The van der Waals surface area contributed by atoms with Gasteiger partial charge in [-0.3, -0.25) is 0 Å². The van der Waals surface area contributed by atoms with Crippen molar-refractivity contribution in [2.75, 3.05) is 19.8 Å². The van der Waals surface area contributed by atoms with Crippen molar-refractivity contribution in [1.29, 1.82) is 0 Å². The SMILES string of the molecule is CC(C)(C)OC(=O)N(CCF)C1CNC(Cc2ccccc2)C1. The van der Waals surface area contributed by atoms with E-state index in [4.69, 9.17) is 4.74 Å². The minimum atomic E-state index is -0.568. The molecule has 5 heteroatoms. The zero-order valence-electron chi connectivity index (χ0n) is 14.2. The summed E-state index contributed by atoms with van der Waals surface area (Å²) >= 11 is 0. The van der Waals surface area contributed by atoms with Crippen LogP contribution in [0, 0.1) is 0 Å². The maximum absolute atomic E-state index is 12.9. The fourth-order valence-electron chi connectivity index (χ4n) is 2.92. The quantitative estimate of drug-likeness (QED) is 0.905. The third-order valence-corrected chi connectivity index (χ3v) is 3.92. The van der Waals surface area contributed by atoms with E-state index >= 15 is 0 Å². The van der Waals surface area contributed by atoms with Crippen LogP contribution in [-0.2, 0) is 11.2 Å². The molecule has 0 bridgehead atoms. The van der Waals surface area contributed by atoms with E-state index in [1.165, 1.54) is 10.5 Å². The van der Waals surface area contributed by atoms with Gasteiger partial charge in [-0.2, -0.15) is 0 Å². The maximum Gasteiger partial charge on any atom is 0.410 e. The summed E-state index contributed by atoms with van der Waals surface area (Å²) < 4.78 is 18.3. The second kappa shape index (κ2) is 7.77. The van der Waals surface area contributed by atoms with Gasteiger partial charge in [0.1, 0.15) is 12.3 Å². The van der Waals surface area contributed by atoms with E-state index in [1.807, 2.05) is 39.0 Å². The number of hydrogen-bond donors (Lipinski definition) is 1. The van der Waals surface area contributed by atoms with Crippen LogP contribution in [0.1, 0.15) is 32.8 Å². The van der Waals surface area contributed by atoms with Crippen molar-refractivity contribution in [1.82, 2.24) is 10.2 Å². The third-order valence-electron chi connectivity index (χ3n) is 3.92. The highest BCUT2D eigenvalue weighted by Gasteiger charge is 2.33. The fourth-order valence-corrected chi connectivity index (χ4v) is 2.92. The Morgan fingerprint density at radius 3 is 2.65 bits per heavy atom. The molecule has 0 radical (unpaired) electrons. The first kappa shape index (κ1) is 17.7. The van der Waals surface area contributed by atoms with Crippen LogP contribution in [0.5, 0.6) is 0 Å². The lowest BCUT2D eigenvalue weighted by molar-refractivity contribution is 0.0162. The summed E-state index contributed by atoms with van der Waals surface area (Å²) in [6, 6.07) is 10.5. The number of rotatable bonds is 5. The molecule has 1 fully saturated rings. The topological polar surface area (TPSA) is 41.6 Å². The molecule has 23 heavy (non-hydrogen) atoms. The first-order valence-corrected chi connectivity index (χ1v) is 8.22. The molecule has 1 aromatic rings. The average molecular weight is 322 g/mol. The second-order valence-corrected chi connectivity index (χ2v) is 7.05. The highest BCUT2D eigenvalue weighted by atomic mass is 19.1. The Hall–Kier alpha value is -1.62. The summed E-state index contributed by atoms with van der Waals surface area (Å²) in [7, 11) is 0. The standard InChI is InChI=1S/C18H27FN2O2/c1-18(2,3)23-17(22)21(10-9-19)16-12-15(20-13-16)11-14-7-5-4-6-8-14/h4-8,15-16,20H,9-13H2,1-3H3. The van der Waals surface area contributed by atoms with Crippen molar-refractivity contribution in [2.45, 2.75) is 51.3 Å². The molecular formula is C18H27FN2O2. The molecule has 1 aliphatic rings. The molecule has 1 aromatic carbocycles. The monoisotopic (exact) mass is 322 g/mol. The van der Waals surface area contributed by atoms with E-state index in [0.29, 0.717) is 12.6 Å². The molecule has 4 nitrogen and oxygen atoms in total. The van der Waals surface area contributed by atoms with E-state index in [2.05, 4.69) is 17.4 Å². The van der Waals surface area contributed by atoms with E-state index in [1.54, 1.807) is 0 Å². The van der Waals surface area contributed by atoms with Gasteiger partial charge in [-0.1, -0.05) is 30.3 Å². The normalized spacial score (nSPS) is 21.2. The van der Waals surface area contributed by atoms with Crippen molar-refractivity contribution < 1.29 is 13.9 Å². The molecule has 1 saturated heterocycles. The predicted octanol–water partition coefficient (Wildman–Crippen LogP) is 3.17. The van der Waals surface area contributed by atoms with Crippen LogP contribution < -0.4 is 5.32 Å². The van der Waals surface area contributed by atoms with E-state index in [9.17, 15) is 9.18 Å². The predicted molar refractivity (Wildman–Crippen MR) is 89.3 cm³/mol. The van der Waals surface area contributed by atoms with Gasteiger partial charge in [0.2, 0.25) is 0 Å². The van der Waals surface area contributed by atoms with Gasteiger partial charge in [-0.25, -0.2) is 9.18 Å². The molecule has 2 unspecified atom stereocenters. The third kappa shape index (κ3) is 5.50. The van der Waals surface area contributed by atoms with Crippen LogP contribution in [-0.4, -0.2) is 48.4 Å². The summed E-state index contributed by atoms with van der Waals surface area (Å²) in [4.78, 5) is 13.8. The average Bonchev–Trinajstić information content (AvgIpc) is 2.92. The molecule has 0 saturated carbocycles. The maximum atomic E-state index is 12.9. The Labute approximate surface area is 138 Å². The minimum Gasteiger partial charge on any atom is -0.444 e. The smallest absolute Gasteiger partial charge is 0.410 e.